The van der Waals surface area contributed by atoms with Gasteiger partial charge in [-0.25, -0.2) is 4.98 Å². The highest BCUT2D eigenvalue weighted by atomic mass is 16.1. The van der Waals surface area contributed by atoms with Gasteiger partial charge < -0.3 is 10.7 Å². The lowest BCUT2D eigenvalue weighted by atomic mass is 10.1. The molecule has 3 aromatic rings. The largest absolute Gasteiger partial charge is 0.326 e. The van der Waals surface area contributed by atoms with Crippen molar-refractivity contribution in [1.82, 2.24) is 9.97 Å². The van der Waals surface area contributed by atoms with Crippen LogP contribution in [0.15, 0.2) is 48.5 Å². The van der Waals surface area contributed by atoms with Gasteiger partial charge in [0, 0.05) is 6.54 Å². The van der Waals surface area contributed by atoms with Gasteiger partial charge >= 0.3 is 0 Å². The first-order valence-electron chi connectivity index (χ1n) is 6.77. The van der Waals surface area contributed by atoms with Crippen LogP contribution in [0.25, 0.3) is 11.0 Å². The van der Waals surface area contributed by atoms with E-state index < -0.39 is 0 Å². The topological polar surface area (TPSA) is 83.8 Å². The summed E-state index contributed by atoms with van der Waals surface area (Å²) in [4.78, 5) is 19.4. The Balaban J connectivity index is 1.67. The first-order valence-corrected chi connectivity index (χ1v) is 6.77. The summed E-state index contributed by atoms with van der Waals surface area (Å²) >= 11 is 0. The number of benzene rings is 2. The zero-order valence-electron chi connectivity index (χ0n) is 11.5. The first kappa shape index (κ1) is 13.3. The van der Waals surface area contributed by atoms with Crippen molar-refractivity contribution in [2.24, 2.45) is 5.73 Å². The predicted octanol–water partition coefficient (Wildman–Crippen LogP) is 2.20. The van der Waals surface area contributed by atoms with E-state index in [1.807, 2.05) is 48.5 Å². The summed E-state index contributed by atoms with van der Waals surface area (Å²) < 4.78 is 0. The van der Waals surface area contributed by atoms with Crippen molar-refractivity contribution in [2.45, 2.75) is 13.0 Å². The molecule has 5 heteroatoms. The van der Waals surface area contributed by atoms with E-state index >= 15 is 0 Å². The Morgan fingerprint density at radius 2 is 1.81 bits per heavy atom. The normalized spacial score (nSPS) is 10.7. The summed E-state index contributed by atoms with van der Waals surface area (Å²) in [5, 5.41) is 2.78. The van der Waals surface area contributed by atoms with E-state index in [-0.39, 0.29) is 5.91 Å². The Kier molecular flexibility index (Phi) is 3.66. The third-order valence-electron chi connectivity index (χ3n) is 3.27. The molecule has 1 aromatic heterocycles. The van der Waals surface area contributed by atoms with E-state index in [1.54, 1.807) is 0 Å². The second kappa shape index (κ2) is 5.76. The van der Waals surface area contributed by atoms with Gasteiger partial charge in [0.2, 0.25) is 11.9 Å². The number of aromatic nitrogens is 2. The van der Waals surface area contributed by atoms with Gasteiger partial charge in [-0.1, -0.05) is 36.4 Å². The van der Waals surface area contributed by atoms with Gasteiger partial charge in [-0.05, 0) is 23.3 Å². The Hall–Kier alpha value is -2.66. The van der Waals surface area contributed by atoms with Crippen LogP contribution in [0.2, 0.25) is 0 Å². The number of imidazole rings is 1. The molecule has 1 heterocycles. The summed E-state index contributed by atoms with van der Waals surface area (Å²) in [7, 11) is 0. The molecule has 0 radical (unpaired) electrons. The number of para-hydroxylation sites is 2. The lowest BCUT2D eigenvalue weighted by Gasteiger charge is -2.03. The van der Waals surface area contributed by atoms with E-state index in [4.69, 9.17) is 5.73 Å². The minimum Gasteiger partial charge on any atom is -0.326 e. The molecule has 106 valence electrons. The number of fused-ring (bicyclic) bond motifs is 1. The number of H-pyrrole nitrogens is 1. The lowest BCUT2D eigenvalue weighted by Crippen LogP contribution is -2.15. The number of nitrogens with zero attached hydrogens (tertiary/aromatic N) is 1. The van der Waals surface area contributed by atoms with Crippen molar-refractivity contribution in [2.75, 3.05) is 5.32 Å². The van der Waals surface area contributed by atoms with Crippen LogP contribution in [-0.4, -0.2) is 15.9 Å². The van der Waals surface area contributed by atoms with Crippen LogP contribution >= 0.6 is 0 Å². The van der Waals surface area contributed by atoms with Crippen molar-refractivity contribution in [3.05, 3.63) is 59.7 Å². The summed E-state index contributed by atoms with van der Waals surface area (Å²) in [5.74, 6) is 0.370. The molecule has 5 nitrogen and oxygen atoms in total. The third kappa shape index (κ3) is 3.09. The molecule has 0 saturated carbocycles. The number of carbonyl (C=O) groups excluding carboxylic acids is 1. The summed E-state index contributed by atoms with van der Waals surface area (Å²) in [6.07, 6.45) is 0.307. The van der Waals surface area contributed by atoms with Crippen molar-refractivity contribution in [3.63, 3.8) is 0 Å². The Morgan fingerprint density at radius 3 is 2.52 bits per heavy atom. The highest BCUT2D eigenvalue weighted by Gasteiger charge is 2.07. The van der Waals surface area contributed by atoms with Crippen LogP contribution in [0.4, 0.5) is 5.95 Å². The third-order valence-corrected chi connectivity index (χ3v) is 3.27. The van der Waals surface area contributed by atoms with E-state index in [1.165, 1.54) is 0 Å². The molecule has 0 spiro atoms. The number of rotatable bonds is 4. The maximum Gasteiger partial charge on any atom is 0.231 e. The van der Waals surface area contributed by atoms with Crippen LogP contribution in [0.1, 0.15) is 11.1 Å². The number of hydrogen-bond donors (Lipinski definition) is 3. The summed E-state index contributed by atoms with van der Waals surface area (Å²) in [5.41, 5.74) is 9.28. The molecule has 0 aliphatic rings. The number of aromatic amines is 1. The van der Waals surface area contributed by atoms with Crippen molar-refractivity contribution in [1.29, 1.82) is 0 Å². The van der Waals surface area contributed by atoms with E-state index in [2.05, 4.69) is 15.3 Å². The van der Waals surface area contributed by atoms with Gasteiger partial charge in [0.15, 0.2) is 0 Å². The van der Waals surface area contributed by atoms with Crippen LogP contribution in [0.3, 0.4) is 0 Å². The second-order valence-electron chi connectivity index (χ2n) is 4.85. The number of amides is 1. The van der Waals surface area contributed by atoms with E-state index in [0.717, 1.165) is 22.2 Å². The van der Waals surface area contributed by atoms with Gasteiger partial charge in [-0.15, -0.1) is 0 Å². The second-order valence-corrected chi connectivity index (χ2v) is 4.85. The van der Waals surface area contributed by atoms with Gasteiger partial charge in [0.25, 0.3) is 0 Å². The van der Waals surface area contributed by atoms with Gasteiger partial charge in [0.05, 0.1) is 17.5 Å². The number of anilines is 1. The molecule has 3 rings (SSSR count). The highest BCUT2D eigenvalue weighted by molar-refractivity contribution is 5.92. The van der Waals surface area contributed by atoms with Crippen LogP contribution in [-0.2, 0) is 17.8 Å². The molecule has 0 unspecified atom stereocenters. The monoisotopic (exact) mass is 280 g/mol. The van der Waals surface area contributed by atoms with E-state index in [9.17, 15) is 4.79 Å². The van der Waals surface area contributed by atoms with Gasteiger partial charge in [-0.2, -0.15) is 0 Å². The van der Waals surface area contributed by atoms with Crippen molar-refractivity contribution in [3.8, 4) is 0 Å². The molecule has 0 aliphatic heterocycles. The molecule has 0 bridgehead atoms. The maximum atomic E-state index is 12.0. The highest BCUT2D eigenvalue weighted by Crippen LogP contribution is 2.13. The van der Waals surface area contributed by atoms with Gasteiger partial charge in [0.1, 0.15) is 0 Å². The fourth-order valence-corrected chi connectivity index (χ4v) is 2.17. The quantitative estimate of drug-likeness (QED) is 0.685. The molecule has 0 saturated heterocycles. The molecule has 4 N–H and O–H groups in total. The average Bonchev–Trinajstić information content (AvgIpc) is 2.90. The molecule has 0 fully saturated rings. The van der Waals surface area contributed by atoms with Crippen molar-refractivity contribution >= 4 is 22.9 Å². The first-order chi connectivity index (χ1) is 10.2. The average molecular weight is 280 g/mol. The number of carbonyl (C=O) groups is 1. The standard InChI is InChI=1S/C16H16N4O/c17-10-12-7-5-11(6-8-12)9-15(21)20-16-18-13-3-1-2-4-14(13)19-16/h1-8H,9-10,17H2,(H2,18,19,20,21). The Bertz CT molecular complexity index is 728. The Morgan fingerprint density at radius 1 is 1.10 bits per heavy atom. The van der Waals surface area contributed by atoms with Crippen LogP contribution in [0, 0.1) is 0 Å². The fourth-order valence-electron chi connectivity index (χ4n) is 2.17. The minimum absolute atomic E-state index is 0.102. The van der Waals surface area contributed by atoms with Gasteiger partial charge in [-0.3, -0.25) is 10.1 Å². The van der Waals surface area contributed by atoms with Crippen LogP contribution in [0.5, 0.6) is 0 Å². The number of nitrogens with one attached hydrogen (secondary N) is 2. The Labute approximate surface area is 122 Å². The van der Waals surface area contributed by atoms with Crippen LogP contribution < -0.4 is 11.1 Å². The molecular formula is C16H16N4O. The number of nitrogens with two attached hydrogens (primary N) is 1. The van der Waals surface area contributed by atoms with E-state index in [0.29, 0.717) is 18.9 Å². The zero-order chi connectivity index (χ0) is 14.7. The molecule has 21 heavy (non-hydrogen) atoms. The molecule has 2 aromatic carbocycles. The summed E-state index contributed by atoms with van der Waals surface area (Å²) in [6.45, 7) is 0.505. The SMILES string of the molecule is NCc1ccc(CC(=O)Nc2nc3ccccc3[nH]2)cc1. The molecule has 1 amide bonds. The summed E-state index contributed by atoms with van der Waals surface area (Å²) in [6, 6.07) is 15.4. The fraction of sp³-hybridized carbons (Fsp3) is 0.125. The van der Waals surface area contributed by atoms with Crippen molar-refractivity contribution < 1.29 is 4.79 Å². The number of hydrogen-bond acceptors (Lipinski definition) is 3. The zero-order valence-corrected chi connectivity index (χ0v) is 11.5. The molecule has 0 atom stereocenters. The lowest BCUT2D eigenvalue weighted by molar-refractivity contribution is -0.115. The predicted molar refractivity (Wildman–Crippen MR) is 82.8 cm³/mol. The smallest absolute Gasteiger partial charge is 0.231 e. The molecular weight excluding hydrogens is 264 g/mol. The molecule has 0 aliphatic carbocycles. The maximum absolute atomic E-state index is 12.0. The minimum atomic E-state index is -0.102.